The van der Waals surface area contributed by atoms with Crippen LogP contribution in [0, 0.1) is 0 Å². The Labute approximate surface area is 198 Å². The lowest BCUT2D eigenvalue weighted by Crippen LogP contribution is -2.47. The molecule has 0 aliphatic heterocycles. The lowest BCUT2D eigenvalue weighted by Gasteiger charge is -2.33. The van der Waals surface area contributed by atoms with E-state index in [0.29, 0.717) is 11.4 Å². The number of carbonyl (C=O) groups excluding carboxylic acids is 2. The first-order valence-corrected chi connectivity index (χ1v) is 12.2. The zero-order valence-corrected chi connectivity index (χ0v) is 19.6. The molecule has 2 heterocycles. The fourth-order valence-electron chi connectivity index (χ4n) is 4.32. The third kappa shape index (κ3) is 5.79. The van der Waals surface area contributed by atoms with Gasteiger partial charge in [0.05, 0.1) is 13.5 Å². The topological polar surface area (TPSA) is 71.5 Å². The van der Waals surface area contributed by atoms with Crippen LogP contribution in [0.5, 0.6) is 5.75 Å². The first-order chi connectivity index (χ1) is 16.2. The molecule has 7 heteroatoms. The summed E-state index contributed by atoms with van der Waals surface area (Å²) in [5.74, 6) is 0.392. The molecule has 4 rings (SSSR count). The number of nitrogens with one attached hydrogen (secondary N) is 1. The first kappa shape index (κ1) is 23.0. The molecule has 0 saturated heterocycles. The highest BCUT2D eigenvalue weighted by Gasteiger charge is 2.34. The second-order valence-electron chi connectivity index (χ2n) is 8.24. The maximum Gasteiger partial charge on any atom is 0.248 e. The van der Waals surface area contributed by atoms with E-state index < -0.39 is 6.04 Å². The molecule has 3 aromatic rings. The minimum atomic E-state index is -0.796. The van der Waals surface area contributed by atoms with Crippen LogP contribution >= 0.6 is 11.3 Å². The number of methoxy groups -OCH3 is 1. The van der Waals surface area contributed by atoms with E-state index in [4.69, 9.17) is 4.74 Å². The summed E-state index contributed by atoms with van der Waals surface area (Å²) in [6.45, 7) is 0. The number of anilines is 1. The highest BCUT2D eigenvalue weighted by Crippen LogP contribution is 2.31. The normalized spacial score (nSPS) is 14.9. The van der Waals surface area contributed by atoms with Gasteiger partial charge in [-0.1, -0.05) is 25.3 Å². The summed E-state index contributed by atoms with van der Waals surface area (Å²) in [6.07, 6.45) is 8.92. The highest BCUT2D eigenvalue weighted by molar-refractivity contribution is 7.10. The van der Waals surface area contributed by atoms with E-state index >= 15 is 0 Å². The van der Waals surface area contributed by atoms with Gasteiger partial charge in [-0.05, 0) is 66.2 Å². The Hall–Kier alpha value is -3.19. The molecule has 2 amide bonds. The Morgan fingerprint density at radius 1 is 1.09 bits per heavy atom. The number of carbonyl (C=O) groups is 2. The van der Waals surface area contributed by atoms with Crippen molar-refractivity contribution in [2.75, 3.05) is 12.0 Å². The van der Waals surface area contributed by atoms with E-state index in [0.717, 1.165) is 36.1 Å². The maximum absolute atomic E-state index is 13.7. The van der Waals surface area contributed by atoms with E-state index in [9.17, 15) is 9.59 Å². The van der Waals surface area contributed by atoms with Gasteiger partial charge >= 0.3 is 0 Å². The van der Waals surface area contributed by atoms with Crippen molar-refractivity contribution in [1.29, 1.82) is 0 Å². The predicted octanol–water partition coefficient (Wildman–Crippen LogP) is 4.92. The molecule has 1 aliphatic rings. The highest BCUT2D eigenvalue weighted by atomic mass is 32.1. The quantitative estimate of drug-likeness (QED) is 0.515. The Morgan fingerprint density at radius 2 is 1.82 bits per heavy atom. The average molecular weight is 464 g/mol. The second kappa shape index (κ2) is 11.1. The zero-order chi connectivity index (χ0) is 23.0. The molecule has 33 heavy (non-hydrogen) atoms. The number of hydrogen-bond acceptors (Lipinski definition) is 5. The smallest absolute Gasteiger partial charge is 0.248 e. The van der Waals surface area contributed by atoms with Crippen LogP contribution in [0.3, 0.4) is 0 Å². The molecule has 0 radical (unpaired) electrons. The minimum Gasteiger partial charge on any atom is -0.497 e. The molecule has 0 bridgehead atoms. The average Bonchev–Trinajstić information content (AvgIpc) is 3.36. The molecule has 172 valence electrons. The van der Waals surface area contributed by atoms with Crippen molar-refractivity contribution in [2.24, 2.45) is 0 Å². The van der Waals surface area contributed by atoms with Crippen molar-refractivity contribution >= 4 is 28.8 Å². The number of thiophene rings is 1. The Kier molecular flexibility index (Phi) is 7.73. The summed E-state index contributed by atoms with van der Waals surface area (Å²) in [5.41, 5.74) is 1.38. The summed E-state index contributed by atoms with van der Waals surface area (Å²) >= 11 is 1.54. The van der Waals surface area contributed by atoms with Crippen molar-refractivity contribution in [2.45, 2.75) is 50.6 Å². The van der Waals surface area contributed by atoms with Crippen LogP contribution < -0.4 is 15.0 Å². The van der Waals surface area contributed by atoms with Crippen LogP contribution in [0.2, 0.25) is 0 Å². The van der Waals surface area contributed by atoms with Crippen LogP contribution in [-0.2, 0) is 16.0 Å². The predicted molar refractivity (Wildman–Crippen MR) is 130 cm³/mol. The number of nitrogens with zero attached hydrogens (tertiary/aromatic N) is 2. The number of hydrogen-bond donors (Lipinski definition) is 1. The molecule has 2 aromatic heterocycles. The van der Waals surface area contributed by atoms with Crippen LogP contribution in [0.1, 0.15) is 48.6 Å². The number of ether oxygens (including phenoxy) is 1. The third-order valence-corrected chi connectivity index (χ3v) is 6.88. The number of rotatable bonds is 8. The van der Waals surface area contributed by atoms with Crippen molar-refractivity contribution in [3.63, 3.8) is 0 Å². The van der Waals surface area contributed by atoms with Gasteiger partial charge < -0.3 is 10.1 Å². The standard InChI is InChI=1S/C26H29N3O3S/c1-32-22-11-9-21(10-12-22)29(24(30)18-23-8-5-17-33-23)25(19-13-15-27-16-14-19)26(31)28-20-6-3-2-4-7-20/h5,8-17,20,25H,2-4,6-7,18H2,1H3,(H,28,31)/t25-/m0/s1. The van der Waals surface area contributed by atoms with Gasteiger partial charge in [-0.2, -0.15) is 0 Å². The molecule has 1 atom stereocenters. The summed E-state index contributed by atoms with van der Waals surface area (Å²) in [4.78, 5) is 34.1. The summed E-state index contributed by atoms with van der Waals surface area (Å²) in [7, 11) is 1.60. The van der Waals surface area contributed by atoms with Gasteiger partial charge in [0, 0.05) is 29.0 Å². The van der Waals surface area contributed by atoms with E-state index in [-0.39, 0.29) is 24.3 Å². The van der Waals surface area contributed by atoms with Gasteiger partial charge in [-0.3, -0.25) is 19.5 Å². The molecule has 1 fully saturated rings. The van der Waals surface area contributed by atoms with Gasteiger partial charge in [-0.25, -0.2) is 0 Å². The van der Waals surface area contributed by atoms with Gasteiger partial charge in [0.25, 0.3) is 0 Å². The summed E-state index contributed by atoms with van der Waals surface area (Å²) in [5, 5.41) is 5.18. The SMILES string of the molecule is COc1ccc(N(C(=O)Cc2cccs2)[C@H](C(=O)NC2CCCCC2)c2ccncc2)cc1. The van der Waals surface area contributed by atoms with E-state index in [1.807, 2.05) is 41.8 Å². The van der Waals surface area contributed by atoms with Crippen molar-refractivity contribution < 1.29 is 14.3 Å². The number of benzene rings is 1. The molecular formula is C26H29N3O3S. The van der Waals surface area contributed by atoms with Crippen molar-refractivity contribution in [3.8, 4) is 5.75 Å². The molecule has 0 spiro atoms. The van der Waals surface area contributed by atoms with Gasteiger partial charge in [-0.15, -0.1) is 11.3 Å². The van der Waals surface area contributed by atoms with Crippen LogP contribution in [-0.4, -0.2) is 29.9 Å². The summed E-state index contributed by atoms with van der Waals surface area (Å²) < 4.78 is 5.30. The molecule has 1 N–H and O–H groups in total. The third-order valence-electron chi connectivity index (χ3n) is 6.00. The molecular weight excluding hydrogens is 434 g/mol. The maximum atomic E-state index is 13.7. The number of aromatic nitrogens is 1. The fourth-order valence-corrected chi connectivity index (χ4v) is 5.01. The molecule has 1 aromatic carbocycles. The van der Waals surface area contributed by atoms with Crippen molar-refractivity contribution in [1.82, 2.24) is 10.3 Å². The van der Waals surface area contributed by atoms with Crippen LogP contribution in [0.4, 0.5) is 5.69 Å². The minimum absolute atomic E-state index is 0.136. The molecule has 0 unspecified atom stereocenters. The second-order valence-corrected chi connectivity index (χ2v) is 9.28. The van der Waals surface area contributed by atoms with Crippen LogP contribution in [0.15, 0.2) is 66.3 Å². The lowest BCUT2D eigenvalue weighted by molar-refractivity contribution is -0.127. The van der Waals surface area contributed by atoms with Crippen molar-refractivity contribution in [3.05, 3.63) is 76.7 Å². The molecule has 6 nitrogen and oxygen atoms in total. The monoisotopic (exact) mass is 463 g/mol. The van der Waals surface area contributed by atoms with Gasteiger partial charge in [0.2, 0.25) is 11.8 Å². The Morgan fingerprint density at radius 3 is 2.45 bits per heavy atom. The van der Waals surface area contributed by atoms with E-state index in [1.54, 1.807) is 36.5 Å². The van der Waals surface area contributed by atoms with E-state index in [1.165, 1.54) is 17.8 Å². The Bertz CT molecular complexity index is 1030. The van der Waals surface area contributed by atoms with E-state index in [2.05, 4.69) is 10.3 Å². The Balaban J connectivity index is 1.72. The number of amides is 2. The number of pyridine rings is 1. The van der Waals surface area contributed by atoms with Gasteiger partial charge in [0.15, 0.2) is 0 Å². The fraction of sp³-hybridized carbons (Fsp3) is 0.346. The molecule has 1 aliphatic carbocycles. The van der Waals surface area contributed by atoms with Crippen LogP contribution in [0.25, 0.3) is 0 Å². The zero-order valence-electron chi connectivity index (χ0n) is 18.8. The lowest BCUT2D eigenvalue weighted by atomic mass is 9.94. The summed E-state index contributed by atoms with van der Waals surface area (Å²) in [6, 6.07) is 14.1. The molecule has 1 saturated carbocycles. The largest absolute Gasteiger partial charge is 0.497 e. The first-order valence-electron chi connectivity index (χ1n) is 11.3. The van der Waals surface area contributed by atoms with Gasteiger partial charge in [0.1, 0.15) is 11.8 Å².